The highest BCUT2D eigenvalue weighted by Crippen LogP contribution is 2.27. The monoisotopic (exact) mass is 385 g/mol. The van der Waals surface area contributed by atoms with E-state index in [9.17, 15) is 0 Å². The summed E-state index contributed by atoms with van der Waals surface area (Å²) in [4.78, 5) is 19.0. The van der Waals surface area contributed by atoms with E-state index in [0.717, 1.165) is 46.9 Å². The van der Waals surface area contributed by atoms with Gasteiger partial charge in [0.2, 0.25) is 5.95 Å². The van der Waals surface area contributed by atoms with Crippen LogP contribution in [0.5, 0.6) is 0 Å². The molecule has 9 heteroatoms. The molecule has 27 heavy (non-hydrogen) atoms. The largest absolute Gasteiger partial charge is 0.378 e. The number of pyridine rings is 1. The van der Waals surface area contributed by atoms with Gasteiger partial charge in [-0.05, 0) is 37.8 Å². The van der Waals surface area contributed by atoms with E-state index in [2.05, 4.69) is 30.6 Å². The highest BCUT2D eigenvalue weighted by molar-refractivity contribution is 7.21. The van der Waals surface area contributed by atoms with Gasteiger partial charge in [-0.1, -0.05) is 11.3 Å². The zero-order valence-electron chi connectivity index (χ0n) is 15.2. The van der Waals surface area contributed by atoms with Crippen LogP contribution in [-0.2, 0) is 11.3 Å². The molecule has 0 aromatic carbocycles. The normalized spacial score (nSPS) is 19.9. The van der Waals surface area contributed by atoms with Gasteiger partial charge >= 0.3 is 0 Å². The second kappa shape index (κ2) is 8.12. The minimum atomic E-state index is 0.242. The molecular weight excluding hydrogens is 362 g/mol. The fourth-order valence-electron chi connectivity index (χ4n) is 3.32. The van der Waals surface area contributed by atoms with Gasteiger partial charge in [0.15, 0.2) is 5.13 Å². The summed E-state index contributed by atoms with van der Waals surface area (Å²) in [5.41, 5.74) is 7.77. The summed E-state index contributed by atoms with van der Waals surface area (Å²) in [6.07, 6.45) is 5.99. The second-order valence-electron chi connectivity index (χ2n) is 6.74. The molecule has 3 aromatic heterocycles. The number of thiazole rings is 1. The molecule has 1 aliphatic carbocycles. The lowest BCUT2D eigenvalue weighted by Crippen LogP contribution is -2.35. The average Bonchev–Trinajstić information content (AvgIpc) is 3.04. The predicted octanol–water partition coefficient (Wildman–Crippen LogP) is 3.05. The Morgan fingerprint density at radius 2 is 2.22 bits per heavy atom. The molecule has 0 spiro atoms. The first-order chi connectivity index (χ1) is 13.2. The summed E-state index contributed by atoms with van der Waals surface area (Å²) in [6.45, 7) is 0.414. The van der Waals surface area contributed by atoms with Gasteiger partial charge in [0, 0.05) is 31.5 Å². The van der Waals surface area contributed by atoms with Gasteiger partial charge in [0.25, 0.3) is 0 Å². The van der Waals surface area contributed by atoms with Crippen molar-refractivity contribution in [2.75, 3.05) is 17.7 Å². The molecule has 1 fully saturated rings. The second-order valence-corrected chi connectivity index (χ2v) is 7.72. The molecule has 4 N–H and O–H groups in total. The molecule has 142 valence electrons. The van der Waals surface area contributed by atoms with E-state index < -0.39 is 0 Å². The Bertz CT molecular complexity index is 883. The number of hydrogen-bond acceptors (Lipinski definition) is 9. The van der Waals surface area contributed by atoms with E-state index in [0.29, 0.717) is 24.4 Å². The van der Waals surface area contributed by atoms with E-state index in [1.54, 1.807) is 13.3 Å². The van der Waals surface area contributed by atoms with Crippen LogP contribution >= 0.6 is 11.3 Å². The van der Waals surface area contributed by atoms with Crippen LogP contribution in [0.25, 0.3) is 10.3 Å². The highest BCUT2D eigenvalue weighted by atomic mass is 32.1. The number of nitrogens with two attached hydrogens (primary N) is 1. The van der Waals surface area contributed by atoms with Crippen molar-refractivity contribution in [2.45, 2.75) is 44.4 Å². The standard InChI is InChI=1S/C18H23N7OS/c1-26-10-13-9-15(25-18-23-14-6-3-7-20-16(14)27-18)24-17(22-13)21-12-5-2-4-11(19)8-12/h3,6-7,9,11-12H,2,4-5,8,10,19H2,1H3,(H2,21,22,23,24,25)/t11?,12-/m1/s1. The van der Waals surface area contributed by atoms with Crippen molar-refractivity contribution >= 4 is 38.6 Å². The fourth-order valence-corrected chi connectivity index (χ4v) is 4.14. The molecule has 0 radical (unpaired) electrons. The third-order valence-corrected chi connectivity index (χ3v) is 5.42. The van der Waals surface area contributed by atoms with Crippen LogP contribution in [-0.4, -0.2) is 39.1 Å². The predicted molar refractivity (Wildman–Crippen MR) is 107 cm³/mol. The van der Waals surface area contributed by atoms with Crippen LogP contribution in [0.15, 0.2) is 24.4 Å². The first-order valence-electron chi connectivity index (χ1n) is 9.07. The summed E-state index contributed by atoms with van der Waals surface area (Å²) in [7, 11) is 1.65. The fraction of sp³-hybridized carbons (Fsp3) is 0.444. The number of rotatable bonds is 6. The molecule has 0 aliphatic heterocycles. The van der Waals surface area contributed by atoms with E-state index in [-0.39, 0.29) is 6.04 Å². The first-order valence-corrected chi connectivity index (χ1v) is 9.89. The van der Waals surface area contributed by atoms with Gasteiger partial charge < -0.3 is 21.1 Å². The smallest absolute Gasteiger partial charge is 0.225 e. The van der Waals surface area contributed by atoms with Crippen LogP contribution < -0.4 is 16.4 Å². The Kier molecular flexibility index (Phi) is 5.42. The molecule has 0 amide bonds. The summed E-state index contributed by atoms with van der Waals surface area (Å²) in [5.74, 6) is 1.27. The molecule has 0 bridgehead atoms. The van der Waals surface area contributed by atoms with Crippen LogP contribution in [0.2, 0.25) is 0 Å². The molecule has 1 unspecified atom stereocenters. The third kappa shape index (κ3) is 4.49. The molecule has 0 saturated heterocycles. The van der Waals surface area contributed by atoms with E-state index in [1.165, 1.54) is 11.3 Å². The van der Waals surface area contributed by atoms with Gasteiger partial charge in [-0.15, -0.1) is 0 Å². The van der Waals surface area contributed by atoms with Crippen LogP contribution in [0.1, 0.15) is 31.4 Å². The summed E-state index contributed by atoms with van der Waals surface area (Å²) >= 11 is 1.49. The molecule has 1 saturated carbocycles. The van der Waals surface area contributed by atoms with Crippen LogP contribution in [0, 0.1) is 0 Å². The Labute approximate surface area is 161 Å². The van der Waals surface area contributed by atoms with Crippen molar-refractivity contribution in [2.24, 2.45) is 5.73 Å². The number of fused-ring (bicyclic) bond motifs is 1. The minimum Gasteiger partial charge on any atom is -0.378 e. The van der Waals surface area contributed by atoms with E-state index in [4.69, 9.17) is 10.5 Å². The molecule has 8 nitrogen and oxygen atoms in total. The lowest BCUT2D eigenvalue weighted by Gasteiger charge is -2.27. The minimum absolute atomic E-state index is 0.242. The van der Waals surface area contributed by atoms with Gasteiger partial charge in [-0.2, -0.15) is 4.98 Å². The third-order valence-electron chi connectivity index (χ3n) is 4.52. The van der Waals surface area contributed by atoms with Crippen molar-refractivity contribution in [3.05, 3.63) is 30.1 Å². The Balaban J connectivity index is 1.56. The quantitative estimate of drug-likeness (QED) is 0.594. The Hall–Kier alpha value is -2.36. The van der Waals surface area contributed by atoms with Crippen molar-refractivity contribution in [1.29, 1.82) is 0 Å². The van der Waals surface area contributed by atoms with Gasteiger partial charge in [0.1, 0.15) is 16.2 Å². The van der Waals surface area contributed by atoms with Gasteiger partial charge in [0.05, 0.1) is 12.3 Å². The first kappa shape index (κ1) is 18.0. The van der Waals surface area contributed by atoms with E-state index in [1.807, 2.05) is 18.2 Å². The molecule has 1 aliphatic rings. The molecule has 2 atom stereocenters. The highest BCUT2D eigenvalue weighted by Gasteiger charge is 2.20. The molecule has 3 aromatic rings. The van der Waals surface area contributed by atoms with Crippen molar-refractivity contribution in [3.8, 4) is 0 Å². The number of anilines is 3. The lowest BCUT2D eigenvalue weighted by molar-refractivity contribution is 0.181. The number of hydrogen-bond donors (Lipinski definition) is 3. The SMILES string of the molecule is COCc1cc(Nc2nc3cccnc3s2)nc(N[C@@H]2CCCC(N)C2)n1. The Morgan fingerprint density at radius 3 is 3.04 bits per heavy atom. The van der Waals surface area contributed by atoms with Crippen LogP contribution in [0.4, 0.5) is 16.9 Å². The maximum Gasteiger partial charge on any atom is 0.225 e. The van der Waals surface area contributed by atoms with Gasteiger partial charge in [-0.3, -0.25) is 0 Å². The summed E-state index contributed by atoms with van der Waals surface area (Å²) in [6, 6.07) is 6.24. The van der Waals surface area contributed by atoms with Crippen molar-refractivity contribution in [1.82, 2.24) is 19.9 Å². The number of ether oxygens (including phenoxy) is 1. The topological polar surface area (TPSA) is 111 Å². The number of aromatic nitrogens is 4. The average molecular weight is 385 g/mol. The van der Waals surface area contributed by atoms with E-state index >= 15 is 0 Å². The number of nitrogens with one attached hydrogen (secondary N) is 2. The van der Waals surface area contributed by atoms with Crippen LogP contribution in [0.3, 0.4) is 0 Å². The zero-order chi connectivity index (χ0) is 18.6. The zero-order valence-corrected chi connectivity index (χ0v) is 16.0. The number of nitrogens with zero attached hydrogens (tertiary/aromatic N) is 4. The lowest BCUT2D eigenvalue weighted by atomic mass is 9.92. The van der Waals surface area contributed by atoms with Crippen molar-refractivity contribution < 1.29 is 4.74 Å². The maximum atomic E-state index is 6.10. The van der Waals surface area contributed by atoms with Crippen molar-refractivity contribution in [3.63, 3.8) is 0 Å². The molecule has 4 rings (SSSR count). The Morgan fingerprint density at radius 1 is 1.30 bits per heavy atom. The summed E-state index contributed by atoms with van der Waals surface area (Å²) in [5, 5.41) is 7.46. The molecular formula is C18H23N7OS. The summed E-state index contributed by atoms with van der Waals surface area (Å²) < 4.78 is 5.25. The van der Waals surface area contributed by atoms with Gasteiger partial charge in [-0.25, -0.2) is 15.0 Å². The maximum absolute atomic E-state index is 6.10. The number of methoxy groups -OCH3 is 1. The molecule has 3 heterocycles.